The molecule has 0 spiro atoms. The zero-order valence-electron chi connectivity index (χ0n) is 17.2. The lowest BCUT2D eigenvalue weighted by molar-refractivity contribution is 0.0535. The van der Waals surface area contributed by atoms with Crippen LogP contribution in [-0.4, -0.2) is 47.8 Å². The Labute approximate surface area is 190 Å². The lowest BCUT2D eigenvalue weighted by atomic mass is 10.1. The normalized spacial score (nSPS) is 13.9. The second-order valence-electron chi connectivity index (χ2n) is 7.41. The van der Waals surface area contributed by atoms with E-state index in [4.69, 9.17) is 16.3 Å². The summed E-state index contributed by atoms with van der Waals surface area (Å²) < 4.78 is 5.94. The van der Waals surface area contributed by atoms with E-state index in [1.165, 1.54) is 11.3 Å². The van der Waals surface area contributed by atoms with Gasteiger partial charge in [-0.15, -0.1) is 11.3 Å². The van der Waals surface area contributed by atoms with Crippen LogP contribution in [0.2, 0.25) is 5.02 Å². The van der Waals surface area contributed by atoms with Gasteiger partial charge in [0.1, 0.15) is 12.4 Å². The van der Waals surface area contributed by atoms with E-state index in [1.807, 2.05) is 66.4 Å². The van der Waals surface area contributed by atoms with Crippen LogP contribution in [-0.2, 0) is 6.61 Å². The quantitative estimate of drug-likeness (QED) is 0.551. The number of nitrogens with zero attached hydrogens (tertiary/aromatic N) is 2. The van der Waals surface area contributed by atoms with Gasteiger partial charge in [0.25, 0.3) is 11.8 Å². The highest BCUT2D eigenvalue weighted by atomic mass is 35.5. The van der Waals surface area contributed by atoms with Gasteiger partial charge in [0.05, 0.1) is 10.4 Å². The number of piperazine rings is 1. The van der Waals surface area contributed by atoms with Gasteiger partial charge in [-0.25, -0.2) is 0 Å². The molecule has 0 radical (unpaired) electrons. The highest BCUT2D eigenvalue weighted by molar-refractivity contribution is 7.13. The smallest absolute Gasteiger partial charge is 0.264 e. The first-order chi connectivity index (χ1) is 15.0. The Morgan fingerprint density at radius 2 is 1.55 bits per heavy atom. The maximum Gasteiger partial charge on any atom is 0.264 e. The summed E-state index contributed by atoms with van der Waals surface area (Å²) in [6, 6.07) is 18.5. The van der Waals surface area contributed by atoms with Crippen molar-refractivity contribution < 1.29 is 14.3 Å². The minimum Gasteiger partial charge on any atom is -0.488 e. The average Bonchev–Trinajstić information content (AvgIpc) is 3.24. The Morgan fingerprint density at radius 1 is 0.903 bits per heavy atom. The summed E-state index contributed by atoms with van der Waals surface area (Å²) in [5, 5.41) is 0.672. The molecule has 31 heavy (non-hydrogen) atoms. The average molecular weight is 455 g/mol. The molecule has 1 aromatic heterocycles. The third-order valence-electron chi connectivity index (χ3n) is 5.23. The summed E-state index contributed by atoms with van der Waals surface area (Å²) in [4.78, 5) is 31.3. The van der Waals surface area contributed by atoms with Crippen LogP contribution in [0.5, 0.6) is 5.75 Å². The van der Waals surface area contributed by atoms with Crippen molar-refractivity contribution in [2.75, 3.05) is 26.2 Å². The van der Waals surface area contributed by atoms with Gasteiger partial charge in [-0.05, 0) is 48.9 Å². The maximum atomic E-state index is 13.2. The predicted octanol–water partition coefficient (Wildman–Crippen LogP) is 4.89. The molecule has 5 nitrogen and oxygen atoms in total. The summed E-state index contributed by atoms with van der Waals surface area (Å²) in [5.41, 5.74) is 1.51. The molecule has 2 aromatic carbocycles. The van der Waals surface area contributed by atoms with Crippen LogP contribution < -0.4 is 4.74 Å². The lowest BCUT2D eigenvalue weighted by Crippen LogP contribution is -2.50. The van der Waals surface area contributed by atoms with E-state index in [9.17, 15) is 9.59 Å². The first-order valence-electron chi connectivity index (χ1n) is 10.1. The Hall–Kier alpha value is -2.83. The summed E-state index contributed by atoms with van der Waals surface area (Å²) in [6.07, 6.45) is 0. The SMILES string of the molecule is Cc1ccc(C(=O)N2CCN(C(=O)c3ccccc3OCc3ccc(Cl)cc3)CC2)s1. The van der Waals surface area contributed by atoms with E-state index >= 15 is 0 Å². The summed E-state index contributed by atoms with van der Waals surface area (Å²) in [7, 11) is 0. The van der Waals surface area contributed by atoms with Gasteiger partial charge in [-0.1, -0.05) is 35.9 Å². The molecule has 1 aliphatic rings. The van der Waals surface area contributed by atoms with Crippen LogP contribution in [0.1, 0.15) is 30.5 Å². The number of para-hydroxylation sites is 1. The molecule has 0 bridgehead atoms. The monoisotopic (exact) mass is 454 g/mol. The minimum absolute atomic E-state index is 0.0388. The first kappa shape index (κ1) is 21.4. The largest absolute Gasteiger partial charge is 0.488 e. The van der Waals surface area contributed by atoms with Crippen LogP contribution in [0, 0.1) is 6.92 Å². The second kappa shape index (κ2) is 9.54. The fraction of sp³-hybridized carbons (Fsp3) is 0.250. The van der Waals surface area contributed by atoms with E-state index in [1.54, 1.807) is 11.0 Å². The number of ether oxygens (including phenoxy) is 1. The van der Waals surface area contributed by atoms with E-state index in [-0.39, 0.29) is 11.8 Å². The van der Waals surface area contributed by atoms with Crippen molar-refractivity contribution in [3.63, 3.8) is 0 Å². The molecule has 1 saturated heterocycles. The van der Waals surface area contributed by atoms with Gasteiger partial charge >= 0.3 is 0 Å². The fourth-order valence-corrected chi connectivity index (χ4v) is 4.46. The van der Waals surface area contributed by atoms with Crippen LogP contribution in [0.15, 0.2) is 60.7 Å². The number of rotatable bonds is 5. The molecule has 2 amide bonds. The minimum atomic E-state index is -0.0780. The van der Waals surface area contributed by atoms with Crippen LogP contribution in [0.25, 0.3) is 0 Å². The topological polar surface area (TPSA) is 49.9 Å². The Bertz CT molecular complexity index is 1070. The zero-order chi connectivity index (χ0) is 21.8. The number of hydrogen-bond donors (Lipinski definition) is 0. The summed E-state index contributed by atoms with van der Waals surface area (Å²) in [5.74, 6) is 0.512. The van der Waals surface area contributed by atoms with E-state index in [0.29, 0.717) is 49.1 Å². The number of amides is 2. The van der Waals surface area contributed by atoms with Crippen molar-refractivity contribution in [3.8, 4) is 5.75 Å². The molecule has 1 aliphatic heterocycles. The number of thiophene rings is 1. The molecule has 1 fully saturated rings. The molecule has 3 aromatic rings. The molecule has 0 aliphatic carbocycles. The third kappa shape index (κ3) is 5.09. The third-order valence-corrected chi connectivity index (χ3v) is 6.47. The molecule has 0 N–H and O–H groups in total. The zero-order valence-corrected chi connectivity index (χ0v) is 18.8. The molecular formula is C24H23ClN2O3S. The van der Waals surface area contributed by atoms with Crippen molar-refractivity contribution in [2.24, 2.45) is 0 Å². The molecule has 0 unspecified atom stereocenters. The first-order valence-corrected chi connectivity index (χ1v) is 11.3. The van der Waals surface area contributed by atoms with Crippen LogP contribution in [0.3, 0.4) is 0 Å². The molecule has 0 saturated carbocycles. The van der Waals surface area contributed by atoms with Crippen molar-refractivity contribution in [2.45, 2.75) is 13.5 Å². The molecule has 2 heterocycles. The number of hydrogen-bond acceptors (Lipinski definition) is 4. The van der Waals surface area contributed by atoms with Gasteiger partial charge in [-0.2, -0.15) is 0 Å². The number of carbonyl (C=O) groups is 2. The highest BCUT2D eigenvalue weighted by Crippen LogP contribution is 2.23. The molecule has 4 rings (SSSR count). The Balaban J connectivity index is 1.38. The van der Waals surface area contributed by atoms with E-state index in [2.05, 4.69) is 0 Å². The lowest BCUT2D eigenvalue weighted by Gasteiger charge is -2.34. The van der Waals surface area contributed by atoms with Crippen molar-refractivity contribution in [1.82, 2.24) is 9.80 Å². The van der Waals surface area contributed by atoms with E-state index < -0.39 is 0 Å². The highest BCUT2D eigenvalue weighted by Gasteiger charge is 2.27. The van der Waals surface area contributed by atoms with E-state index in [0.717, 1.165) is 15.3 Å². The van der Waals surface area contributed by atoms with Crippen molar-refractivity contribution in [3.05, 3.63) is 86.6 Å². The number of aryl methyl sites for hydroxylation is 1. The maximum absolute atomic E-state index is 13.2. The van der Waals surface area contributed by atoms with Crippen LogP contribution >= 0.6 is 22.9 Å². The molecule has 7 heteroatoms. The second-order valence-corrected chi connectivity index (χ2v) is 9.13. The number of benzene rings is 2. The Morgan fingerprint density at radius 3 is 2.19 bits per heavy atom. The molecule has 160 valence electrons. The Kier molecular flexibility index (Phi) is 6.59. The van der Waals surface area contributed by atoms with Gasteiger partial charge in [0.15, 0.2) is 0 Å². The van der Waals surface area contributed by atoms with Gasteiger partial charge in [0.2, 0.25) is 0 Å². The summed E-state index contributed by atoms with van der Waals surface area (Å²) in [6.45, 7) is 4.39. The fourth-order valence-electron chi connectivity index (χ4n) is 3.50. The number of halogens is 1. The van der Waals surface area contributed by atoms with Gasteiger partial charge < -0.3 is 14.5 Å². The van der Waals surface area contributed by atoms with Gasteiger partial charge in [0, 0.05) is 36.1 Å². The predicted molar refractivity (Wildman–Crippen MR) is 123 cm³/mol. The van der Waals surface area contributed by atoms with Crippen molar-refractivity contribution >= 4 is 34.8 Å². The van der Waals surface area contributed by atoms with Gasteiger partial charge in [-0.3, -0.25) is 9.59 Å². The van der Waals surface area contributed by atoms with Crippen LogP contribution in [0.4, 0.5) is 0 Å². The number of carbonyl (C=O) groups excluding carboxylic acids is 2. The molecule has 0 atom stereocenters. The summed E-state index contributed by atoms with van der Waals surface area (Å²) >= 11 is 7.44. The molecular weight excluding hydrogens is 432 g/mol. The van der Waals surface area contributed by atoms with Crippen molar-refractivity contribution in [1.29, 1.82) is 0 Å². The standard InChI is InChI=1S/C24H23ClN2O3S/c1-17-6-11-22(31-17)24(29)27-14-12-26(13-15-27)23(28)20-4-2-3-5-21(20)30-16-18-7-9-19(25)10-8-18/h2-11H,12-16H2,1H3.